The molecule has 4 rings (SSSR count). The van der Waals surface area contributed by atoms with Crippen LogP contribution in [-0.4, -0.2) is 115 Å². The van der Waals surface area contributed by atoms with Crippen LogP contribution in [0.3, 0.4) is 0 Å². The zero-order chi connectivity index (χ0) is 49.1. The van der Waals surface area contributed by atoms with E-state index in [-0.39, 0.29) is 69.3 Å². The summed E-state index contributed by atoms with van der Waals surface area (Å²) in [4.78, 5) is 104. The molecule has 1 aliphatic heterocycles. The van der Waals surface area contributed by atoms with Gasteiger partial charge in [-0.05, 0) is 79.8 Å². The van der Waals surface area contributed by atoms with Crippen LogP contribution >= 0.6 is 0 Å². The van der Waals surface area contributed by atoms with Gasteiger partial charge in [0.2, 0.25) is 17.7 Å². The van der Waals surface area contributed by atoms with Crippen LogP contribution in [0.2, 0.25) is 0 Å². The molecule has 3 aromatic carbocycles. The Morgan fingerprint density at radius 2 is 1.34 bits per heavy atom. The van der Waals surface area contributed by atoms with Gasteiger partial charge in [-0.1, -0.05) is 87.0 Å². The van der Waals surface area contributed by atoms with Gasteiger partial charge in [0.05, 0.1) is 0 Å². The average Bonchev–Trinajstić information content (AvgIpc) is 3.62. The van der Waals surface area contributed by atoms with E-state index in [4.69, 9.17) is 15.2 Å². The molecule has 1 heterocycles. The minimum atomic E-state index is -1.05. The third-order valence-corrected chi connectivity index (χ3v) is 11.1. The summed E-state index contributed by atoms with van der Waals surface area (Å²) in [5, 5.41) is 10.8. The van der Waals surface area contributed by atoms with Crippen LogP contribution in [0.1, 0.15) is 77.3 Å². The summed E-state index contributed by atoms with van der Waals surface area (Å²) in [6, 6.07) is 21.7. The normalized spacial score (nSPS) is 13.1. The van der Waals surface area contributed by atoms with Crippen molar-refractivity contribution >= 4 is 53.4 Å². The summed E-state index contributed by atoms with van der Waals surface area (Å²) >= 11 is 0. The molecule has 0 aromatic heterocycles. The first kappa shape index (κ1) is 52.4. The molecule has 9 amide bonds. The van der Waals surface area contributed by atoms with E-state index in [0.29, 0.717) is 36.9 Å². The van der Waals surface area contributed by atoms with E-state index in [9.17, 15) is 38.4 Å². The third kappa shape index (κ3) is 16.9. The summed E-state index contributed by atoms with van der Waals surface area (Å²) < 4.78 is 11.3. The number of rotatable bonds is 24. The van der Waals surface area contributed by atoms with Gasteiger partial charge < -0.3 is 46.3 Å². The molecule has 0 aliphatic carbocycles. The first-order chi connectivity index (χ1) is 31.8. The van der Waals surface area contributed by atoms with Crippen LogP contribution in [-0.2, 0) is 45.7 Å². The van der Waals surface area contributed by atoms with Crippen molar-refractivity contribution in [3.63, 3.8) is 0 Å². The van der Waals surface area contributed by atoms with Gasteiger partial charge in [-0.15, -0.1) is 0 Å². The number of benzene rings is 3. The molecule has 18 heteroatoms. The maximum Gasteiger partial charge on any atom is 0.410 e. The van der Waals surface area contributed by atoms with Crippen LogP contribution in [0.5, 0.6) is 0 Å². The number of primary amides is 1. The summed E-state index contributed by atoms with van der Waals surface area (Å²) in [5.74, 6) is -2.51. The monoisotopic (exact) mass is 924 g/mol. The molecule has 1 aliphatic rings. The molecule has 360 valence electrons. The van der Waals surface area contributed by atoms with Gasteiger partial charge in [-0.3, -0.25) is 28.9 Å². The van der Waals surface area contributed by atoms with Crippen LogP contribution in [0, 0.1) is 5.92 Å². The maximum absolute atomic E-state index is 13.6. The fourth-order valence-corrected chi connectivity index (χ4v) is 6.91. The van der Waals surface area contributed by atoms with E-state index in [1.54, 1.807) is 52.2 Å². The maximum atomic E-state index is 13.6. The first-order valence-corrected chi connectivity index (χ1v) is 22.4. The number of nitrogens with two attached hydrogens (primary N) is 1. The minimum absolute atomic E-state index is 0.0707. The lowest BCUT2D eigenvalue weighted by molar-refractivity contribution is -0.137. The summed E-state index contributed by atoms with van der Waals surface area (Å²) in [7, 11) is 3.15. The predicted octanol–water partition coefficient (Wildman–Crippen LogP) is 5.42. The molecule has 3 aromatic rings. The molecular weight excluding hydrogens is 861 g/mol. The van der Waals surface area contributed by atoms with Crippen molar-refractivity contribution in [3.8, 4) is 11.1 Å². The SMILES string of the molecule is CC(C)C(NC(=O)CCCCCN1C(=O)C=CC1=O)C(=O)NC(CCCNC(N)=O)C(=O)Nc1ccc(COC(=O)N(C)CCN(C)C(=O)OC(C)(C)c2ccc(-c3ccccc3)cc2)cc1. The number of unbranched alkanes of at least 4 members (excludes halogenated alkanes) is 2. The van der Waals surface area contributed by atoms with Crippen LogP contribution in [0.15, 0.2) is 91.0 Å². The molecule has 0 saturated carbocycles. The van der Waals surface area contributed by atoms with E-state index in [2.05, 4.69) is 21.3 Å². The van der Waals surface area contributed by atoms with E-state index in [1.165, 1.54) is 22.0 Å². The Bertz CT molecular complexity index is 2200. The number of imide groups is 1. The van der Waals surface area contributed by atoms with Crippen molar-refractivity contribution in [2.24, 2.45) is 11.7 Å². The quantitative estimate of drug-likeness (QED) is 0.0565. The number of carbonyl (C=O) groups excluding carboxylic acids is 8. The summed E-state index contributed by atoms with van der Waals surface area (Å²) in [6.45, 7) is 7.87. The van der Waals surface area contributed by atoms with Gasteiger partial charge in [0, 0.05) is 64.5 Å². The number of carbonyl (C=O) groups is 8. The fraction of sp³-hybridized carbons (Fsp3) is 0.429. The molecule has 0 spiro atoms. The topological polar surface area (TPSA) is 239 Å². The highest BCUT2D eigenvalue weighted by molar-refractivity contribution is 6.12. The second-order valence-corrected chi connectivity index (χ2v) is 17.2. The Hall–Kier alpha value is -7.24. The van der Waals surface area contributed by atoms with Crippen LogP contribution < -0.4 is 27.0 Å². The van der Waals surface area contributed by atoms with E-state index < -0.39 is 47.7 Å². The highest BCUT2D eigenvalue weighted by atomic mass is 16.6. The Kier molecular flexibility index (Phi) is 19.9. The number of anilines is 1. The van der Waals surface area contributed by atoms with Gasteiger partial charge in [-0.25, -0.2) is 14.4 Å². The van der Waals surface area contributed by atoms with Crippen LogP contribution in [0.4, 0.5) is 20.1 Å². The lowest BCUT2D eigenvalue weighted by Gasteiger charge is -2.29. The van der Waals surface area contributed by atoms with Crippen molar-refractivity contribution in [2.45, 2.75) is 90.5 Å². The Morgan fingerprint density at radius 1 is 0.731 bits per heavy atom. The number of urea groups is 1. The Morgan fingerprint density at radius 3 is 1.96 bits per heavy atom. The van der Waals surface area contributed by atoms with Gasteiger partial charge in [0.15, 0.2) is 0 Å². The number of amides is 9. The second-order valence-electron chi connectivity index (χ2n) is 17.2. The minimum Gasteiger partial charge on any atom is -0.445 e. The molecule has 0 radical (unpaired) electrons. The third-order valence-electron chi connectivity index (χ3n) is 11.1. The van der Waals surface area contributed by atoms with Gasteiger partial charge in [0.25, 0.3) is 11.8 Å². The van der Waals surface area contributed by atoms with Crippen molar-refractivity contribution in [3.05, 3.63) is 102 Å². The number of likely N-dealkylation sites (N-methyl/N-ethyl adjacent to an activating group) is 2. The lowest BCUT2D eigenvalue weighted by Crippen LogP contribution is -2.54. The second kappa shape index (κ2) is 25.5. The Labute approximate surface area is 392 Å². The van der Waals surface area contributed by atoms with Crippen molar-refractivity contribution in [1.29, 1.82) is 0 Å². The van der Waals surface area contributed by atoms with E-state index in [1.807, 2.05) is 68.4 Å². The van der Waals surface area contributed by atoms with Crippen molar-refractivity contribution in [1.82, 2.24) is 30.7 Å². The molecule has 2 unspecified atom stereocenters. The zero-order valence-electron chi connectivity index (χ0n) is 39.2. The molecule has 6 N–H and O–H groups in total. The highest BCUT2D eigenvalue weighted by Crippen LogP contribution is 2.28. The molecule has 2 atom stereocenters. The van der Waals surface area contributed by atoms with Crippen molar-refractivity contribution in [2.75, 3.05) is 45.6 Å². The molecular formula is C49H64N8O10. The van der Waals surface area contributed by atoms with Crippen LogP contribution in [0.25, 0.3) is 11.1 Å². The zero-order valence-corrected chi connectivity index (χ0v) is 39.2. The smallest absolute Gasteiger partial charge is 0.410 e. The standard InChI is InChI=1S/C49H64N8O10/c1-33(2)43(54-40(58)17-11-8-12-29-57-41(59)26-27-42(57)60)45(62)53-39(16-13-28-51-46(50)63)44(61)52-38-24-18-34(19-25-38)32-66-47(64)55(5)30-31-56(6)48(65)67-49(3,4)37-22-20-36(21-23-37)35-14-9-7-10-15-35/h7,9-10,14-15,18-27,33,39,43H,8,11-13,16-17,28-32H2,1-6H3,(H,52,61)(H,53,62)(H,54,58)(H3,50,51,63). The molecule has 0 saturated heterocycles. The first-order valence-electron chi connectivity index (χ1n) is 22.4. The Balaban J connectivity index is 1.22. The molecule has 0 fully saturated rings. The average molecular weight is 925 g/mol. The number of hydrogen-bond acceptors (Lipinski definition) is 10. The molecule has 18 nitrogen and oxygen atoms in total. The molecule has 67 heavy (non-hydrogen) atoms. The van der Waals surface area contributed by atoms with E-state index >= 15 is 0 Å². The van der Waals surface area contributed by atoms with E-state index in [0.717, 1.165) is 21.6 Å². The lowest BCUT2D eigenvalue weighted by atomic mass is 9.95. The van der Waals surface area contributed by atoms with Crippen molar-refractivity contribution < 1.29 is 47.8 Å². The fourth-order valence-electron chi connectivity index (χ4n) is 6.91. The summed E-state index contributed by atoms with van der Waals surface area (Å²) in [6.07, 6.45) is 3.43. The largest absolute Gasteiger partial charge is 0.445 e. The predicted molar refractivity (Wildman–Crippen MR) is 252 cm³/mol. The highest BCUT2D eigenvalue weighted by Gasteiger charge is 2.30. The summed E-state index contributed by atoms with van der Waals surface area (Å²) in [5.41, 5.74) is 8.28. The number of nitrogens with zero attached hydrogens (tertiary/aromatic N) is 3. The van der Waals surface area contributed by atoms with Gasteiger partial charge in [-0.2, -0.15) is 0 Å². The number of nitrogens with one attached hydrogen (secondary N) is 4. The molecule has 0 bridgehead atoms. The van der Waals surface area contributed by atoms with Gasteiger partial charge in [0.1, 0.15) is 24.3 Å². The van der Waals surface area contributed by atoms with Gasteiger partial charge >= 0.3 is 18.2 Å². The number of ether oxygens (including phenoxy) is 2. The number of hydrogen-bond donors (Lipinski definition) is 5.